The molecule has 1 heterocycles. The summed E-state index contributed by atoms with van der Waals surface area (Å²) in [5.41, 5.74) is 1.70. The lowest BCUT2D eigenvalue weighted by molar-refractivity contribution is -0.156. The summed E-state index contributed by atoms with van der Waals surface area (Å²) in [4.78, 5) is 24.8. The first-order valence-corrected chi connectivity index (χ1v) is 10.2. The second kappa shape index (κ2) is 8.02. The van der Waals surface area contributed by atoms with E-state index in [1.165, 1.54) is 12.1 Å². The van der Waals surface area contributed by atoms with Crippen LogP contribution in [0.5, 0.6) is 0 Å². The first-order valence-electron chi connectivity index (χ1n) is 8.73. The van der Waals surface area contributed by atoms with Gasteiger partial charge in [-0.3, -0.25) is 4.79 Å². The Morgan fingerprint density at radius 2 is 1.74 bits per heavy atom. The smallest absolute Gasteiger partial charge is 0.376 e. The lowest BCUT2D eigenvalue weighted by Crippen LogP contribution is -2.43. The largest absolute Gasteiger partial charge is 0.455 e. The number of carbonyl (C=O) groups excluding carboxylic acids is 2. The van der Waals surface area contributed by atoms with E-state index in [9.17, 15) is 18.0 Å². The number of hydrogen-bond acceptors (Lipinski definition) is 5. The van der Waals surface area contributed by atoms with Crippen LogP contribution >= 0.6 is 0 Å². The molecule has 0 aliphatic carbocycles. The van der Waals surface area contributed by atoms with E-state index in [0.717, 1.165) is 15.4 Å². The third-order valence-corrected chi connectivity index (χ3v) is 6.47. The Morgan fingerprint density at radius 1 is 1.07 bits per heavy atom. The number of sulfonamides is 1. The molecule has 7 heteroatoms. The van der Waals surface area contributed by atoms with Crippen LogP contribution in [0.1, 0.15) is 24.0 Å². The van der Waals surface area contributed by atoms with Gasteiger partial charge in [-0.2, -0.15) is 4.31 Å². The second-order valence-corrected chi connectivity index (χ2v) is 8.40. The molecule has 3 rings (SSSR count). The van der Waals surface area contributed by atoms with Crippen molar-refractivity contribution in [1.29, 1.82) is 0 Å². The first kappa shape index (κ1) is 19.3. The standard InChI is InChI=1S/C20H21NO5S/c1-15-9-11-17(12-10-15)27(24,25)21-13-5-8-18(21)19(22)20(23)26-14-16-6-3-2-4-7-16/h2-4,6-7,9-12,18H,5,8,13-14H2,1H3/t18-/m0/s1. The highest BCUT2D eigenvalue weighted by Gasteiger charge is 2.42. The fraction of sp³-hybridized carbons (Fsp3) is 0.300. The summed E-state index contributed by atoms with van der Waals surface area (Å²) < 4.78 is 32.0. The maximum atomic E-state index is 12.9. The number of hydrogen-bond donors (Lipinski definition) is 0. The van der Waals surface area contributed by atoms with E-state index in [1.807, 2.05) is 13.0 Å². The number of esters is 1. The molecule has 2 aromatic rings. The molecule has 1 fully saturated rings. The molecule has 0 spiro atoms. The predicted octanol–water partition coefficient (Wildman–Crippen LogP) is 2.46. The SMILES string of the molecule is Cc1ccc(S(=O)(=O)N2CCC[C@H]2C(=O)C(=O)OCc2ccccc2)cc1. The van der Waals surface area contributed by atoms with Gasteiger partial charge in [0.1, 0.15) is 6.61 Å². The van der Waals surface area contributed by atoms with Gasteiger partial charge in [0.25, 0.3) is 5.78 Å². The van der Waals surface area contributed by atoms with Gasteiger partial charge in [0.05, 0.1) is 10.9 Å². The molecule has 1 saturated heterocycles. The Kier molecular flexibility index (Phi) is 5.72. The summed E-state index contributed by atoms with van der Waals surface area (Å²) in [5.74, 6) is -1.83. The molecule has 6 nitrogen and oxygen atoms in total. The van der Waals surface area contributed by atoms with Crippen LogP contribution in [0.25, 0.3) is 0 Å². The minimum atomic E-state index is -3.85. The Balaban J connectivity index is 1.72. The van der Waals surface area contributed by atoms with E-state index in [0.29, 0.717) is 12.8 Å². The Hall–Kier alpha value is -2.51. The summed E-state index contributed by atoms with van der Waals surface area (Å²) in [6, 6.07) is 14.4. The van der Waals surface area contributed by atoms with Crippen molar-refractivity contribution in [1.82, 2.24) is 4.31 Å². The fourth-order valence-electron chi connectivity index (χ4n) is 3.07. The number of rotatable bonds is 6. The molecular weight excluding hydrogens is 366 g/mol. The van der Waals surface area contributed by atoms with Crippen molar-refractivity contribution in [2.45, 2.75) is 37.3 Å². The van der Waals surface area contributed by atoms with Crippen molar-refractivity contribution in [3.63, 3.8) is 0 Å². The van der Waals surface area contributed by atoms with Crippen LogP contribution in [0, 0.1) is 6.92 Å². The highest BCUT2D eigenvalue weighted by Crippen LogP contribution is 2.27. The van der Waals surface area contributed by atoms with Crippen LogP contribution in [0.3, 0.4) is 0 Å². The van der Waals surface area contributed by atoms with Crippen LogP contribution in [-0.4, -0.2) is 37.1 Å². The van der Waals surface area contributed by atoms with Gasteiger partial charge in [-0.25, -0.2) is 13.2 Å². The monoisotopic (exact) mass is 387 g/mol. The van der Waals surface area contributed by atoms with Gasteiger partial charge < -0.3 is 4.74 Å². The molecule has 1 atom stereocenters. The molecule has 142 valence electrons. The van der Waals surface area contributed by atoms with Gasteiger partial charge in [0.2, 0.25) is 10.0 Å². The number of benzene rings is 2. The first-order chi connectivity index (χ1) is 12.9. The fourth-order valence-corrected chi connectivity index (χ4v) is 4.72. The number of ketones is 1. The molecule has 0 aromatic heterocycles. The number of ether oxygens (including phenoxy) is 1. The van der Waals surface area contributed by atoms with Gasteiger partial charge in [0, 0.05) is 6.54 Å². The number of Topliss-reactive ketones (excluding diaryl/α,β-unsaturated/α-hetero) is 1. The number of carbonyl (C=O) groups is 2. The van der Waals surface area contributed by atoms with Crippen molar-refractivity contribution in [2.24, 2.45) is 0 Å². The summed E-state index contributed by atoms with van der Waals surface area (Å²) >= 11 is 0. The zero-order valence-electron chi connectivity index (χ0n) is 15.0. The molecular formula is C20H21NO5S. The van der Waals surface area contributed by atoms with Crippen molar-refractivity contribution >= 4 is 21.8 Å². The molecule has 2 aromatic carbocycles. The Labute approximate surface area is 158 Å². The van der Waals surface area contributed by atoms with E-state index < -0.39 is 27.8 Å². The lowest BCUT2D eigenvalue weighted by atomic mass is 10.1. The summed E-state index contributed by atoms with van der Waals surface area (Å²) in [5, 5.41) is 0. The maximum Gasteiger partial charge on any atom is 0.376 e. The highest BCUT2D eigenvalue weighted by atomic mass is 32.2. The highest BCUT2D eigenvalue weighted by molar-refractivity contribution is 7.89. The molecule has 1 aliphatic heterocycles. The summed E-state index contributed by atoms with van der Waals surface area (Å²) in [6.45, 7) is 2.04. The van der Waals surface area contributed by atoms with E-state index in [2.05, 4.69) is 0 Å². The van der Waals surface area contributed by atoms with E-state index in [1.54, 1.807) is 36.4 Å². The second-order valence-electron chi connectivity index (χ2n) is 6.51. The van der Waals surface area contributed by atoms with Gasteiger partial charge in [-0.1, -0.05) is 48.0 Å². The lowest BCUT2D eigenvalue weighted by Gasteiger charge is -2.22. The van der Waals surface area contributed by atoms with Crippen LogP contribution in [0.15, 0.2) is 59.5 Å². The average Bonchev–Trinajstić information content (AvgIpc) is 3.17. The quantitative estimate of drug-likeness (QED) is 0.562. The van der Waals surface area contributed by atoms with Crippen molar-refractivity contribution in [2.75, 3.05) is 6.54 Å². The van der Waals surface area contributed by atoms with Crippen LogP contribution in [0.4, 0.5) is 0 Å². The van der Waals surface area contributed by atoms with E-state index in [-0.39, 0.29) is 18.0 Å². The van der Waals surface area contributed by atoms with E-state index in [4.69, 9.17) is 4.74 Å². The van der Waals surface area contributed by atoms with Gasteiger partial charge in [-0.05, 0) is 37.5 Å². The third-order valence-electron chi connectivity index (χ3n) is 4.55. The van der Waals surface area contributed by atoms with Gasteiger partial charge in [0.15, 0.2) is 0 Å². The predicted molar refractivity (Wildman–Crippen MR) is 99.3 cm³/mol. The minimum absolute atomic E-state index is 0.0250. The maximum absolute atomic E-state index is 12.9. The number of nitrogens with zero attached hydrogens (tertiary/aromatic N) is 1. The van der Waals surface area contributed by atoms with E-state index >= 15 is 0 Å². The zero-order valence-corrected chi connectivity index (χ0v) is 15.8. The van der Waals surface area contributed by atoms with Crippen molar-refractivity contribution in [3.05, 3.63) is 65.7 Å². The molecule has 0 unspecified atom stereocenters. The van der Waals surface area contributed by atoms with Crippen molar-refractivity contribution < 1.29 is 22.7 Å². The molecule has 0 radical (unpaired) electrons. The normalized spacial score (nSPS) is 17.6. The minimum Gasteiger partial charge on any atom is -0.455 e. The summed E-state index contributed by atoms with van der Waals surface area (Å²) in [6.07, 6.45) is 0.831. The Bertz CT molecular complexity index is 923. The molecule has 0 amide bonds. The molecule has 0 N–H and O–H groups in total. The molecule has 0 bridgehead atoms. The third kappa shape index (κ3) is 4.26. The zero-order chi connectivity index (χ0) is 19.4. The topological polar surface area (TPSA) is 80.8 Å². The van der Waals surface area contributed by atoms with Crippen LogP contribution in [0.2, 0.25) is 0 Å². The van der Waals surface area contributed by atoms with Crippen molar-refractivity contribution in [3.8, 4) is 0 Å². The number of aryl methyl sites for hydroxylation is 1. The van der Waals surface area contributed by atoms with Crippen LogP contribution < -0.4 is 0 Å². The van der Waals surface area contributed by atoms with Crippen LogP contribution in [-0.2, 0) is 31.0 Å². The molecule has 27 heavy (non-hydrogen) atoms. The molecule has 0 saturated carbocycles. The molecule has 1 aliphatic rings. The Morgan fingerprint density at radius 3 is 2.41 bits per heavy atom. The summed E-state index contributed by atoms with van der Waals surface area (Å²) in [7, 11) is -3.85. The van der Waals surface area contributed by atoms with Gasteiger partial charge >= 0.3 is 5.97 Å². The average molecular weight is 387 g/mol. The van der Waals surface area contributed by atoms with Gasteiger partial charge in [-0.15, -0.1) is 0 Å².